The van der Waals surface area contributed by atoms with Gasteiger partial charge < -0.3 is 5.73 Å². The minimum absolute atomic E-state index is 0.0627. The van der Waals surface area contributed by atoms with Gasteiger partial charge >= 0.3 is 0 Å². The maximum atomic E-state index is 13.1. The molecule has 4 nitrogen and oxygen atoms in total. The Morgan fingerprint density at radius 1 is 1.47 bits per heavy atom. The topological polar surface area (TPSA) is 63.3 Å². The smallest absolute Gasteiger partial charge is 0.184 e. The summed E-state index contributed by atoms with van der Waals surface area (Å²) in [5.74, 6) is -0.317. The molecule has 86 valence electrons. The Balaban J connectivity index is 2.43. The molecule has 1 aromatic carbocycles. The van der Waals surface area contributed by atoms with Crippen LogP contribution in [0.2, 0.25) is 0 Å². The molecule has 0 saturated carbocycles. The van der Waals surface area contributed by atoms with Gasteiger partial charge in [0.25, 0.3) is 0 Å². The van der Waals surface area contributed by atoms with Crippen LogP contribution in [0.4, 0.5) is 4.39 Å². The van der Waals surface area contributed by atoms with Crippen molar-refractivity contribution in [3.8, 4) is 0 Å². The van der Waals surface area contributed by atoms with E-state index in [0.29, 0.717) is 11.1 Å². The zero-order valence-corrected chi connectivity index (χ0v) is 9.54. The molecular weight excluding hydrogens is 239 g/mol. The van der Waals surface area contributed by atoms with Crippen LogP contribution in [0.15, 0.2) is 35.6 Å². The zero-order valence-electron chi connectivity index (χ0n) is 8.72. The summed E-state index contributed by atoms with van der Waals surface area (Å²) in [4.78, 5) is 4.10. The third-order valence-electron chi connectivity index (χ3n) is 2.12. The van der Waals surface area contributed by atoms with Gasteiger partial charge in [0, 0.05) is 11.6 Å². The second kappa shape index (κ2) is 4.84. The lowest BCUT2D eigenvalue weighted by Crippen LogP contribution is -2.24. The van der Waals surface area contributed by atoms with Gasteiger partial charge in [-0.1, -0.05) is 6.07 Å². The molecule has 17 heavy (non-hydrogen) atoms. The molecule has 2 aromatic rings. The summed E-state index contributed by atoms with van der Waals surface area (Å²) in [6, 6.07) is 6.29. The lowest BCUT2D eigenvalue weighted by Gasteiger charge is -2.01. The average Bonchev–Trinajstić information content (AvgIpc) is 2.29. The molecule has 0 unspecified atom stereocenters. The molecule has 0 aliphatic heterocycles. The van der Waals surface area contributed by atoms with Gasteiger partial charge in [0.15, 0.2) is 5.11 Å². The van der Waals surface area contributed by atoms with E-state index in [0.717, 1.165) is 5.39 Å². The van der Waals surface area contributed by atoms with E-state index in [1.54, 1.807) is 18.3 Å². The summed E-state index contributed by atoms with van der Waals surface area (Å²) in [6.45, 7) is 0. The number of pyridine rings is 1. The number of thiocarbonyl (C=S) groups is 1. The van der Waals surface area contributed by atoms with Crippen LogP contribution < -0.4 is 11.2 Å². The highest BCUT2D eigenvalue weighted by molar-refractivity contribution is 7.80. The summed E-state index contributed by atoms with van der Waals surface area (Å²) in [5, 5.41) is 5.43. The molecule has 0 aliphatic rings. The number of fused-ring (bicyclic) bond motifs is 1. The monoisotopic (exact) mass is 248 g/mol. The van der Waals surface area contributed by atoms with Crippen molar-refractivity contribution in [1.29, 1.82) is 0 Å². The van der Waals surface area contributed by atoms with Crippen LogP contribution in [0.1, 0.15) is 5.69 Å². The summed E-state index contributed by atoms with van der Waals surface area (Å²) in [6.07, 6.45) is 3.07. The second-order valence-electron chi connectivity index (χ2n) is 3.30. The molecule has 0 radical (unpaired) electrons. The van der Waals surface area contributed by atoms with Gasteiger partial charge in [-0.05, 0) is 35.8 Å². The number of nitrogens with one attached hydrogen (secondary N) is 1. The fourth-order valence-electron chi connectivity index (χ4n) is 1.42. The first-order chi connectivity index (χ1) is 8.16. The molecule has 6 heteroatoms. The predicted molar refractivity (Wildman–Crippen MR) is 69.2 cm³/mol. The molecule has 1 heterocycles. The largest absolute Gasteiger partial charge is 0.375 e. The van der Waals surface area contributed by atoms with Crippen LogP contribution in [-0.2, 0) is 0 Å². The maximum Gasteiger partial charge on any atom is 0.184 e. The van der Waals surface area contributed by atoms with Gasteiger partial charge in [0.2, 0.25) is 0 Å². The first-order valence-electron chi connectivity index (χ1n) is 4.79. The number of nitrogens with zero attached hydrogens (tertiary/aromatic N) is 2. The number of hydrogen-bond acceptors (Lipinski definition) is 3. The Morgan fingerprint density at radius 2 is 2.29 bits per heavy atom. The Morgan fingerprint density at radius 3 is 3.06 bits per heavy atom. The van der Waals surface area contributed by atoms with Crippen molar-refractivity contribution in [2.45, 2.75) is 0 Å². The van der Waals surface area contributed by atoms with Gasteiger partial charge in [-0.2, -0.15) is 5.10 Å². The molecule has 0 spiro atoms. The Labute approximate surface area is 102 Å². The van der Waals surface area contributed by atoms with E-state index in [2.05, 4.69) is 27.7 Å². The first kappa shape index (κ1) is 11.4. The summed E-state index contributed by atoms with van der Waals surface area (Å²) >= 11 is 4.60. The third kappa shape index (κ3) is 2.73. The predicted octanol–water partition coefficient (Wildman–Crippen LogP) is 1.54. The number of hydrogen-bond donors (Lipinski definition) is 2. The minimum Gasteiger partial charge on any atom is -0.375 e. The lowest BCUT2D eigenvalue weighted by atomic mass is 10.1. The van der Waals surface area contributed by atoms with Gasteiger partial charge in [-0.15, -0.1) is 0 Å². The minimum atomic E-state index is -0.317. The zero-order chi connectivity index (χ0) is 12.3. The quantitative estimate of drug-likeness (QED) is 0.481. The Kier molecular flexibility index (Phi) is 3.24. The van der Waals surface area contributed by atoms with E-state index in [4.69, 9.17) is 5.73 Å². The first-order valence-corrected chi connectivity index (χ1v) is 5.20. The van der Waals surface area contributed by atoms with E-state index in [1.165, 1.54) is 18.3 Å². The van der Waals surface area contributed by atoms with Crippen molar-refractivity contribution in [2.75, 3.05) is 0 Å². The van der Waals surface area contributed by atoms with Crippen LogP contribution in [0.5, 0.6) is 0 Å². The maximum absolute atomic E-state index is 13.1. The molecule has 0 atom stereocenters. The molecule has 0 fully saturated rings. The van der Waals surface area contributed by atoms with Crippen LogP contribution in [-0.4, -0.2) is 16.3 Å². The average molecular weight is 248 g/mol. The summed E-state index contributed by atoms with van der Waals surface area (Å²) in [5.41, 5.74) is 8.18. The molecule has 2 rings (SSSR count). The molecule has 0 aliphatic carbocycles. The van der Waals surface area contributed by atoms with Gasteiger partial charge in [-0.25, -0.2) is 4.39 Å². The fourth-order valence-corrected chi connectivity index (χ4v) is 1.48. The number of nitrogens with two attached hydrogens (primary N) is 1. The Bertz CT molecular complexity index is 597. The molecular formula is C11H9FN4S. The Hall–Kier alpha value is -2.08. The van der Waals surface area contributed by atoms with Crippen LogP contribution in [0.3, 0.4) is 0 Å². The number of rotatable bonds is 2. The lowest BCUT2D eigenvalue weighted by molar-refractivity contribution is 0.629. The number of hydrazone groups is 1. The highest BCUT2D eigenvalue weighted by atomic mass is 32.1. The highest BCUT2D eigenvalue weighted by Gasteiger charge is 2.01. The van der Waals surface area contributed by atoms with Gasteiger partial charge in [0.1, 0.15) is 5.82 Å². The molecule has 1 aromatic heterocycles. The summed E-state index contributed by atoms with van der Waals surface area (Å²) < 4.78 is 13.1. The van der Waals surface area contributed by atoms with Crippen molar-refractivity contribution < 1.29 is 4.39 Å². The molecule has 0 amide bonds. The van der Waals surface area contributed by atoms with Crippen molar-refractivity contribution in [3.63, 3.8) is 0 Å². The third-order valence-corrected chi connectivity index (χ3v) is 2.21. The number of benzene rings is 1. The van der Waals surface area contributed by atoms with E-state index in [1.807, 2.05) is 0 Å². The van der Waals surface area contributed by atoms with E-state index in [-0.39, 0.29) is 10.9 Å². The van der Waals surface area contributed by atoms with Gasteiger partial charge in [-0.3, -0.25) is 10.4 Å². The number of aromatic nitrogens is 1. The molecule has 0 bridgehead atoms. The normalized spacial score (nSPS) is 10.9. The summed E-state index contributed by atoms with van der Waals surface area (Å²) in [7, 11) is 0. The van der Waals surface area contributed by atoms with Crippen molar-refractivity contribution >= 4 is 34.3 Å². The van der Waals surface area contributed by atoms with Crippen molar-refractivity contribution in [1.82, 2.24) is 10.4 Å². The fraction of sp³-hybridized carbons (Fsp3) is 0. The van der Waals surface area contributed by atoms with E-state index >= 15 is 0 Å². The van der Waals surface area contributed by atoms with Crippen LogP contribution >= 0.6 is 12.2 Å². The SMILES string of the molecule is NC(=S)NN=Cc1nccc2ccc(F)cc12. The van der Waals surface area contributed by atoms with Crippen LogP contribution in [0, 0.1) is 5.82 Å². The van der Waals surface area contributed by atoms with E-state index in [9.17, 15) is 4.39 Å². The standard InChI is InChI=1S/C11H9FN4S/c12-8-2-1-7-3-4-14-10(9(7)5-8)6-15-16-11(13)17/h1-6H,(H3,13,16,17). The molecule has 0 saturated heterocycles. The second-order valence-corrected chi connectivity index (χ2v) is 3.74. The van der Waals surface area contributed by atoms with Crippen molar-refractivity contribution in [2.24, 2.45) is 10.8 Å². The van der Waals surface area contributed by atoms with Crippen molar-refractivity contribution in [3.05, 3.63) is 42.0 Å². The van der Waals surface area contributed by atoms with E-state index < -0.39 is 0 Å². The van der Waals surface area contributed by atoms with Gasteiger partial charge in [0.05, 0.1) is 11.9 Å². The highest BCUT2D eigenvalue weighted by Crippen LogP contribution is 2.16. The number of halogens is 1. The molecule has 3 N–H and O–H groups in total. The van der Waals surface area contributed by atoms with Crippen LogP contribution in [0.25, 0.3) is 10.8 Å².